The molecule has 0 spiro atoms. The van der Waals surface area contributed by atoms with Crippen LogP contribution in [-0.2, 0) is 9.84 Å². The van der Waals surface area contributed by atoms with Gasteiger partial charge in [-0.15, -0.1) is 0 Å². The van der Waals surface area contributed by atoms with Gasteiger partial charge in [0.2, 0.25) is 15.0 Å². The van der Waals surface area contributed by atoms with E-state index in [1.54, 1.807) is 16.8 Å². The van der Waals surface area contributed by atoms with Crippen LogP contribution in [0.1, 0.15) is 5.56 Å². The highest BCUT2D eigenvalue weighted by atomic mass is 32.2. The standard InChI is InChI=1S/C9H10N2O2S/c1-7-3-4-8-5-10-9(11(8)6-7)14(2,12)13/h3-6H,1-2H3. The predicted molar refractivity (Wildman–Crippen MR) is 53.0 cm³/mol. The first-order valence-corrected chi connectivity index (χ1v) is 6.01. The summed E-state index contributed by atoms with van der Waals surface area (Å²) in [6, 6.07) is 3.76. The van der Waals surface area contributed by atoms with E-state index in [0.717, 1.165) is 17.3 Å². The number of aromatic nitrogens is 2. The third-order valence-electron chi connectivity index (χ3n) is 1.97. The minimum Gasteiger partial charge on any atom is -0.290 e. The molecule has 0 radical (unpaired) electrons. The Labute approximate surface area is 82.1 Å². The van der Waals surface area contributed by atoms with Crippen LogP contribution in [0.25, 0.3) is 5.52 Å². The zero-order valence-electron chi connectivity index (χ0n) is 7.93. The van der Waals surface area contributed by atoms with Gasteiger partial charge in [0.25, 0.3) is 0 Å². The van der Waals surface area contributed by atoms with E-state index < -0.39 is 9.84 Å². The summed E-state index contributed by atoms with van der Waals surface area (Å²) in [5.41, 5.74) is 1.79. The van der Waals surface area contributed by atoms with Crippen LogP contribution in [0.15, 0.2) is 29.7 Å². The monoisotopic (exact) mass is 210 g/mol. The van der Waals surface area contributed by atoms with Gasteiger partial charge in [-0.25, -0.2) is 13.4 Å². The second kappa shape index (κ2) is 2.81. The van der Waals surface area contributed by atoms with Crippen LogP contribution < -0.4 is 0 Å². The zero-order valence-corrected chi connectivity index (χ0v) is 8.75. The smallest absolute Gasteiger partial charge is 0.231 e. The summed E-state index contributed by atoms with van der Waals surface area (Å²) < 4.78 is 24.3. The molecule has 5 heteroatoms. The molecule has 0 aromatic carbocycles. The van der Waals surface area contributed by atoms with Crippen LogP contribution in [0.4, 0.5) is 0 Å². The zero-order chi connectivity index (χ0) is 10.3. The molecule has 0 bridgehead atoms. The normalized spacial score (nSPS) is 12.1. The Morgan fingerprint density at radius 2 is 2.07 bits per heavy atom. The van der Waals surface area contributed by atoms with Crippen molar-refractivity contribution in [1.82, 2.24) is 9.38 Å². The van der Waals surface area contributed by atoms with Gasteiger partial charge in [-0.3, -0.25) is 4.40 Å². The average molecular weight is 210 g/mol. The van der Waals surface area contributed by atoms with Gasteiger partial charge in [0.05, 0.1) is 11.7 Å². The van der Waals surface area contributed by atoms with E-state index in [2.05, 4.69) is 4.98 Å². The number of hydrogen-bond donors (Lipinski definition) is 0. The highest BCUT2D eigenvalue weighted by Crippen LogP contribution is 2.12. The molecule has 0 atom stereocenters. The average Bonchev–Trinajstić information content (AvgIpc) is 2.45. The summed E-state index contributed by atoms with van der Waals surface area (Å²) in [6.07, 6.45) is 4.47. The van der Waals surface area contributed by atoms with Crippen LogP contribution in [-0.4, -0.2) is 24.1 Å². The quantitative estimate of drug-likeness (QED) is 0.706. The SMILES string of the molecule is Cc1ccc2cnc(S(C)(=O)=O)n2c1. The van der Waals surface area contributed by atoms with E-state index in [4.69, 9.17) is 0 Å². The highest BCUT2D eigenvalue weighted by molar-refractivity contribution is 7.90. The Bertz CT molecular complexity index is 584. The van der Waals surface area contributed by atoms with Crippen LogP contribution in [0.2, 0.25) is 0 Å². The van der Waals surface area contributed by atoms with Crippen molar-refractivity contribution in [2.75, 3.05) is 6.26 Å². The Morgan fingerprint density at radius 3 is 2.71 bits per heavy atom. The number of pyridine rings is 1. The third kappa shape index (κ3) is 1.39. The molecular weight excluding hydrogens is 200 g/mol. The highest BCUT2D eigenvalue weighted by Gasteiger charge is 2.13. The van der Waals surface area contributed by atoms with Crippen molar-refractivity contribution in [2.45, 2.75) is 12.1 Å². The molecule has 0 saturated carbocycles. The number of rotatable bonds is 1. The van der Waals surface area contributed by atoms with Crippen molar-refractivity contribution >= 4 is 15.4 Å². The molecule has 74 valence electrons. The van der Waals surface area contributed by atoms with E-state index in [1.165, 1.54) is 0 Å². The molecule has 4 nitrogen and oxygen atoms in total. The Hall–Kier alpha value is -1.36. The number of fused-ring (bicyclic) bond motifs is 1. The lowest BCUT2D eigenvalue weighted by Gasteiger charge is -1.99. The number of nitrogens with zero attached hydrogens (tertiary/aromatic N) is 2. The lowest BCUT2D eigenvalue weighted by Crippen LogP contribution is -2.03. The second-order valence-corrected chi connectivity index (χ2v) is 5.22. The fraction of sp³-hybridized carbons (Fsp3) is 0.222. The van der Waals surface area contributed by atoms with Crippen LogP contribution >= 0.6 is 0 Å². The molecule has 2 aromatic heterocycles. The Kier molecular flexibility index (Phi) is 1.85. The van der Waals surface area contributed by atoms with Crippen molar-refractivity contribution in [2.24, 2.45) is 0 Å². The predicted octanol–water partition coefficient (Wildman–Crippen LogP) is 1.05. The van der Waals surface area contributed by atoms with Crippen molar-refractivity contribution in [3.63, 3.8) is 0 Å². The Morgan fingerprint density at radius 1 is 1.36 bits per heavy atom. The lowest BCUT2D eigenvalue weighted by molar-refractivity contribution is 0.592. The molecule has 2 rings (SSSR count). The van der Waals surface area contributed by atoms with Gasteiger partial charge < -0.3 is 0 Å². The number of imidazole rings is 1. The molecule has 0 amide bonds. The van der Waals surface area contributed by atoms with Crippen molar-refractivity contribution in [1.29, 1.82) is 0 Å². The summed E-state index contributed by atoms with van der Waals surface area (Å²) >= 11 is 0. The van der Waals surface area contributed by atoms with E-state index in [-0.39, 0.29) is 5.16 Å². The van der Waals surface area contributed by atoms with Gasteiger partial charge in [-0.1, -0.05) is 6.07 Å². The van der Waals surface area contributed by atoms with Crippen LogP contribution in [0, 0.1) is 6.92 Å². The van der Waals surface area contributed by atoms with Gasteiger partial charge in [-0.2, -0.15) is 0 Å². The molecule has 0 aliphatic rings. The Balaban J connectivity index is 2.87. The number of hydrogen-bond acceptors (Lipinski definition) is 3. The van der Waals surface area contributed by atoms with Crippen molar-refractivity contribution in [3.05, 3.63) is 30.1 Å². The summed E-state index contributed by atoms with van der Waals surface area (Å²) in [5.74, 6) is 0. The van der Waals surface area contributed by atoms with Gasteiger partial charge in [0, 0.05) is 12.5 Å². The fourth-order valence-corrected chi connectivity index (χ4v) is 2.11. The lowest BCUT2D eigenvalue weighted by atomic mass is 10.3. The molecule has 0 saturated heterocycles. The molecule has 2 heterocycles. The molecule has 2 aromatic rings. The summed E-state index contributed by atoms with van der Waals surface area (Å²) in [4.78, 5) is 3.88. The van der Waals surface area contributed by atoms with Gasteiger partial charge in [0.15, 0.2) is 0 Å². The molecule has 0 unspecified atom stereocenters. The molecule has 0 aliphatic carbocycles. The maximum atomic E-state index is 11.3. The fourth-order valence-electron chi connectivity index (χ4n) is 1.35. The second-order valence-electron chi connectivity index (χ2n) is 3.31. The van der Waals surface area contributed by atoms with E-state index >= 15 is 0 Å². The van der Waals surface area contributed by atoms with E-state index in [9.17, 15) is 8.42 Å². The topological polar surface area (TPSA) is 51.4 Å². The maximum Gasteiger partial charge on any atom is 0.231 e. The van der Waals surface area contributed by atoms with Crippen LogP contribution in [0.3, 0.4) is 0 Å². The summed E-state index contributed by atoms with van der Waals surface area (Å²) in [7, 11) is -3.25. The van der Waals surface area contributed by atoms with Crippen molar-refractivity contribution < 1.29 is 8.42 Å². The minimum atomic E-state index is -3.25. The number of aryl methyl sites for hydroxylation is 1. The first-order valence-electron chi connectivity index (χ1n) is 4.12. The summed E-state index contributed by atoms with van der Waals surface area (Å²) in [6.45, 7) is 1.91. The first kappa shape index (κ1) is 9.21. The molecular formula is C9H10N2O2S. The molecule has 14 heavy (non-hydrogen) atoms. The first-order chi connectivity index (χ1) is 6.48. The molecule has 0 aliphatic heterocycles. The van der Waals surface area contributed by atoms with Crippen LogP contribution in [0.5, 0.6) is 0 Å². The molecule has 0 fully saturated rings. The van der Waals surface area contributed by atoms with Gasteiger partial charge in [-0.05, 0) is 18.6 Å². The third-order valence-corrected chi connectivity index (χ3v) is 2.94. The van der Waals surface area contributed by atoms with Gasteiger partial charge >= 0.3 is 0 Å². The number of sulfone groups is 1. The molecule has 0 N–H and O–H groups in total. The minimum absolute atomic E-state index is 0.0937. The van der Waals surface area contributed by atoms with E-state index in [0.29, 0.717) is 0 Å². The van der Waals surface area contributed by atoms with Gasteiger partial charge in [0.1, 0.15) is 0 Å². The van der Waals surface area contributed by atoms with E-state index in [1.807, 2.05) is 19.1 Å². The van der Waals surface area contributed by atoms with Crippen molar-refractivity contribution in [3.8, 4) is 0 Å². The summed E-state index contributed by atoms with van der Waals surface area (Å²) in [5, 5.41) is 0.0937. The largest absolute Gasteiger partial charge is 0.290 e. The maximum absolute atomic E-state index is 11.3.